The van der Waals surface area contributed by atoms with Crippen LogP contribution in [0.5, 0.6) is 0 Å². The lowest BCUT2D eigenvalue weighted by atomic mass is 10.3. The van der Waals surface area contributed by atoms with Crippen molar-refractivity contribution in [3.63, 3.8) is 0 Å². The molecule has 0 aliphatic heterocycles. The molecule has 2 N–H and O–H groups in total. The first-order valence-corrected chi connectivity index (χ1v) is 3.58. The molecule has 0 aliphatic carbocycles. The fourth-order valence-electron chi connectivity index (χ4n) is 0.626. The second-order valence-corrected chi connectivity index (χ2v) is 1.90. The second-order valence-electron chi connectivity index (χ2n) is 1.90. The van der Waals surface area contributed by atoms with E-state index >= 15 is 0 Å². The van der Waals surface area contributed by atoms with Crippen LogP contribution in [0.15, 0.2) is 12.3 Å². The van der Waals surface area contributed by atoms with Crippen molar-refractivity contribution in [1.29, 1.82) is 0 Å². The number of hydrogen-bond acceptors (Lipinski definition) is 1. The van der Waals surface area contributed by atoms with Crippen LogP contribution in [0.2, 0.25) is 0 Å². The van der Waals surface area contributed by atoms with Gasteiger partial charge in [0.25, 0.3) is 0 Å². The molecule has 11 heavy (non-hydrogen) atoms. The van der Waals surface area contributed by atoms with E-state index in [2.05, 4.69) is 4.98 Å². The molecule has 1 rings (SSSR count). The Morgan fingerprint density at radius 3 is 2.27 bits per heavy atom. The van der Waals surface area contributed by atoms with Crippen molar-refractivity contribution in [3.8, 4) is 0 Å². The monoisotopic (exact) mass is 155 g/mol. The van der Waals surface area contributed by atoms with E-state index in [0.29, 0.717) is 0 Å². The van der Waals surface area contributed by atoms with Crippen molar-refractivity contribution in [2.75, 3.05) is 0 Å². The summed E-state index contributed by atoms with van der Waals surface area (Å²) in [7, 11) is 0. The summed E-state index contributed by atoms with van der Waals surface area (Å²) in [4.78, 5) is 12.8. The van der Waals surface area contributed by atoms with Crippen LogP contribution in [0, 0.1) is 6.92 Å². The topological polar surface area (TPSA) is 53.1 Å². The Kier molecular flexibility index (Phi) is 4.03. The third-order valence-corrected chi connectivity index (χ3v) is 1.06. The first kappa shape index (κ1) is 9.75. The molecule has 1 aromatic heterocycles. The Bertz CT molecular complexity index is 228. The van der Waals surface area contributed by atoms with E-state index in [1.54, 1.807) is 12.3 Å². The van der Waals surface area contributed by atoms with Gasteiger partial charge in [-0.05, 0) is 18.6 Å². The molecule has 0 unspecified atom stereocenters. The molecule has 1 aromatic rings. The van der Waals surface area contributed by atoms with Crippen molar-refractivity contribution < 1.29 is 9.90 Å². The molecule has 0 fully saturated rings. The van der Waals surface area contributed by atoms with Gasteiger partial charge in [-0.25, -0.2) is 4.79 Å². The Morgan fingerprint density at radius 1 is 1.55 bits per heavy atom. The number of aryl methyl sites for hydroxylation is 1. The van der Waals surface area contributed by atoms with E-state index in [4.69, 9.17) is 5.11 Å². The Balaban J connectivity index is 0.000000461. The number of rotatable bonds is 1. The number of carboxylic acid groups (broad SMARTS) is 1. The maximum atomic E-state index is 10.2. The van der Waals surface area contributed by atoms with Gasteiger partial charge in [0.05, 0.1) is 0 Å². The van der Waals surface area contributed by atoms with Gasteiger partial charge >= 0.3 is 5.97 Å². The average molecular weight is 155 g/mol. The van der Waals surface area contributed by atoms with E-state index in [-0.39, 0.29) is 5.69 Å². The SMILES string of the molecule is CC.Cc1c[nH]c(C(=O)O)c1. The fourth-order valence-corrected chi connectivity index (χ4v) is 0.626. The molecule has 0 saturated heterocycles. The van der Waals surface area contributed by atoms with Crippen LogP contribution in [0.25, 0.3) is 0 Å². The van der Waals surface area contributed by atoms with Gasteiger partial charge in [0.15, 0.2) is 0 Å². The van der Waals surface area contributed by atoms with Gasteiger partial charge in [-0.3, -0.25) is 0 Å². The lowest BCUT2D eigenvalue weighted by Gasteiger charge is -1.81. The van der Waals surface area contributed by atoms with Gasteiger partial charge in [-0.15, -0.1) is 0 Å². The van der Waals surface area contributed by atoms with E-state index < -0.39 is 5.97 Å². The second kappa shape index (κ2) is 4.55. The third kappa shape index (κ3) is 2.89. The summed E-state index contributed by atoms with van der Waals surface area (Å²) < 4.78 is 0. The standard InChI is InChI=1S/C6H7NO2.C2H6/c1-4-2-5(6(8)9)7-3-4;1-2/h2-3,7H,1H3,(H,8,9);1-2H3. The normalized spacial score (nSPS) is 8.27. The zero-order valence-corrected chi connectivity index (χ0v) is 7.01. The van der Waals surface area contributed by atoms with E-state index in [1.165, 1.54) is 0 Å². The molecule has 62 valence electrons. The summed E-state index contributed by atoms with van der Waals surface area (Å²) in [5, 5.41) is 8.37. The smallest absolute Gasteiger partial charge is 0.352 e. The summed E-state index contributed by atoms with van der Waals surface area (Å²) in [6.45, 7) is 5.84. The molecule has 0 radical (unpaired) electrons. The molecule has 0 saturated carbocycles. The van der Waals surface area contributed by atoms with Crippen molar-refractivity contribution in [2.45, 2.75) is 20.8 Å². The minimum Gasteiger partial charge on any atom is -0.477 e. The van der Waals surface area contributed by atoms with Crippen molar-refractivity contribution >= 4 is 5.97 Å². The van der Waals surface area contributed by atoms with Crippen molar-refractivity contribution in [2.24, 2.45) is 0 Å². The van der Waals surface area contributed by atoms with Crippen LogP contribution < -0.4 is 0 Å². The lowest BCUT2D eigenvalue weighted by molar-refractivity contribution is 0.0691. The molecule has 1 heterocycles. The highest BCUT2D eigenvalue weighted by atomic mass is 16.4. The zero-order valence-electron chi connectivity index (χ0n) is 7.01. The van der Waals surface area contributed by atoms with Crippen molar-refractivity contribution in [3.05, 3.63) is 23.5 Å². The Labute approximate surface area is 66.1 Å². The summed E-state index contributed by atoms with van der Waals surface area (Å²) in [6.07, 6.45) is 1.66. The Morgan fingerprint density at radius 2 is 2.09 bits per heavy atom. The number of aromatic nitrogens is 1. The highest BCUT2D eigenvalue weighted by Crippen LogP contribution is 1.99. The summed E-state index contributed by atoms with van der Waals surface area (Å²) in [5.41, 5.74) is 1.18. The number of hydrogen-bond donors (Lipinski definition) is 2. The van der Waals surface area contributed by atoms with E-state index in [0.717, 1.165) is 5.56 Å². The van der Waals surface area contributed by atoms with Gasteiger partial charge in [0.1, 0.15) is 5.69 Å². The maximum absolute atomic E-state index is 10.2. The predicted octanol–water partition coefficient (Wildman–Crippen LogP) is 2.05. The molecule has 0 bridgehead atoms. The highest BCUT2D eigenvalue weighted by molar-refractivity contribution is 5.85. The third-order valence-electron chi connectivity index (χ3n) is 1.06. The van der Waals surface area contributed by atoms with Crippen LogP contribution in [-0.4, -0.2) is 16.1 Å². The van der Waals surface area contributed by atoms with Gasteiger partial charge in [-0.2, -0.15) is 0 Å². The van der Waals surface area contributed by atoms with Gasteiger partial charge in [0, 0.05) is 6.20 Å². The van der Waals surface area contributed by atoms with E-state index in [1.807, 2.05) is 20.8 Å². The lowest BCUT2D eigenvalue weighted by Crippen LogP contribution is -1.94. The summed E-state index contributed by atoms with van der Waals surface area (Å²) in [6, 6.07) is 1.59. The molecule has 0 amide bonds. The fraction of sp³-hybridized carbons (Fsp3) is 0.375. The van der Waals surface area contributed by atoms with Crippen LogP contribution in [0.1, 0.15) is 29.9 Å². The van der Waals surface area contributed by atoms with Crippen LogP contribution >= 0.6 is 0 Å². The van der Waals surface area contributed by atoms with Crippen LogP contribution in [-0.2, 0) is 0 Å². The first-order chi connectivity index (χ1) is 5.20. The number of nitrogens with one attached hydrogen (secondary N) is 1. The van der Waals surface area contributed by atoms with Crippen molar-refractivity contribution in [1.82, 2.24) is 4.98 Å². The molecule has 0 atom stereocenters. The van der Waals surface area contributed by atoms with Gasteiger partial charge in [0.2, 0.25) is 0 Å². The van der Waals surface area contributed by atoms with Crippen LogP contribution in [0.4, 0.5) is 0 Å². The number of H-pyrrole nitrogens is 1. The minimum absolute atomic E-state index is 0.243. The Hall–Kier alpha value is -1.25. The molecule has 0 spiro atoms. The molecule has 3 nitrogen and oxygen atoms in total. The molecule has 0 aliphatic rings. The predicted molar refractivity (Wildman–Crippen MR) is 43.8 cm³/mol. The average Bonchev–Trinajstić information content (AvgIpc) is 2.40. The number of carboxylic acids is 1. The molecular weight excluding hydrogens is 142 g/mol. The molecular formula is C8H13NO2. The van der Waals surface area contributed by atoms with Gasteiger partial charge < -0.3 is 10.1 Å². The molecule has 3 heteroatoms. The zero-order chi connectivity index (χ0) is 8.85. The summed E-state index contributed by atoms with van der Waals surface area (Å²) >= 11 is 0. The van der Waals surface area contributed by atoms with E-state index in [9.17, 15) is 4.79 Å². The maximum Gasteiger partial charge on any atom is 0.352 e. The number of aromatic carboxylic acids is 1. The quantitative estimate of drug-likeness (QED) is 0.652. The van der Waals surface area contributed by atoms with Crippen LogP contribution in [0.3, 0.4) is 0 Å². The molecule has 0 aromatic carbocycles. The number of aromatic amines is 1. The summed E-state index contributed by atoms with van der Waals surface area (Å²) in [5.74, 6) is -0.914. The largest absolute Gasteiger partial charge is 0.477 e. The minimum atomic E-state index is -0.914. The first-order valence-electron chi connectivity index (χ1n) is 3.58. The highest BCUT2D eigenvalue weighted by Gasteiger charge is 2.01. The number of carbonyl (C=O) groups is 1. The van der Waals surface area contributed by atoms with Gasteiger partial charge in [-0.1, -0.05) is 13.8 Å².